The van der Waals surface area contributed by atoms with Crippen LogP contribution in [0.25, 0.3) is 27.9 Å². The first-order valence-electron chi connectivity index (χ1n) is 11.0. The molecule has 5 aromatic rings. The summed E-state index contributed by atoms with van der Waals surface area (Å²) in [6.45, 7) is 4.79. The van der Waals surface area contributed by atoms with Gasteiger partial charge in [-0.1, -0.05) is 12.1 Å². The SMILES string of the molecule is CNC(=O)Nc1ccc(-c2cnc3c(NCc4cnn(C)c4)nc4cc(C)c(C)cc4n23)cc1. The van der Waals surface area contributed by atoms with Crippen molar-refractivity contribution in [3.05, 3.63) is 71.7 Å². The molecule has 172 valence electrons. The molecule has 3 aromatic heterocycles. The molecule has 0 unspecified atom stereocenters. The third kappa shape index (κ3) is 3.92. The Labute approximate surface area is 196 Å². The number of hydrogen-bond acceptors (Lipinski definition) is 5. The number of imidazole rings is 1. The van der Waals surface area contributed by atoms with Crippen molar-refractivity contribution >= 4 is 34.2 Å². The van der Waals surface area contributed by atoms with Gasteiger partial charge in [0.2, 0.25) is 0 Å². The van der Waals surface area contributed by atoms with E-state index in [1.54, 1.807) is 11.7 Å². The van der Waals surface area contributed by atoms with Crippen molar-refractivity contribution in [2.75, 3.05) is 17.7 Å². The van der Waals surface area contributed by atoms with Crippen LogP contribution in [0.5, 0.6) is 0 Å². The van der Waals surface area contributed by atoms with E-state index >= 15 is 0 Å². The minimum absolute atomic E-state index is 0.255. The number of nitrogens with one attached hydrogen (secondary N) is 3. The lowest BCUT2D eigenvalue weighted by molar-refractivity contribution is 0.254. The summed E-state index contributed by atoms with van der Waals surface area (Å²) in [5.41, 5.74) is 8.72. The highest BCUT2D eigenvalue weighted by molar-refractivity contribution is 5.90. The number of fused-ring (bicyclic) bond motifs is 3. The zero-order valence-corrected chi connectivity index (χ0v) is 19.5. The molecule has 9 heteroatoms. The second-order valence-electron chi connectivity index (χ2n) is 8.35. The van der Waals surface area contributed by atoms with E-state index in [0.29, 0.717) is 18.1 Å². The van der Waals surface area contributed by atoms with Gasteiger partial charge in [0.25, 0.3) is 0 Å². The Morgan fingerprint density at radius 2 is 1.82 bits per heavy atom. The van der Waals surface area contributed by atoms with Gasteiger partial charge in [0.15, 0.2) is 11.5 Å². The van der Waals surface area contributed by atoms with Crippen LogP contribution in [-0.2, 0) is 13.6 Å². The van der Waals surface area contributed by atoms with Crippen molar-refractivity contribution in [1.29, 1.82) is 0 Å². The van der Waals surface area contributed by atoms with E-state index < -0.39 is 0 Å². The summed E-state index contributed by atoms with van der Waals surface area (Å²) >= 11 is 0. The predicted molar refractivity (Wildman–Crippen MR) is 134 cm³/mol. The maximum Gasteiger partial charge on any atom is 0.318 e. The van der Waals surface area contributed by atoms with Gasteiger partial charge in [-0.25, -0.2) is 14.8 Å². The highest BCUT2D eigenvalue weighted by Crippen LogP contribution is 2.30. The number of urea groups is 1. The Morgan fingerprint density at radius 1 is 1.06 bits per heavy atom. The summed E-state index contributed by atoms with van der Waals surface area (Å²) in [6, 6.07) is 11.7. The van der Waals surface area contributed by atoms with E-state index in [4.69, 9.17) is 9.97 Å². The molecule has 0 bridgehead atoms. The van der Waals surface area contributed by atoms with Gasteiger partial charge in [-0.05, 0) is 49.2 Å². The molecule has 0 aliphatic carbocycles. The Kier molecular flexibility index (Phi) is 5.37. The Balaban J connectivity index is 1.62. The van der Waals surface area contributed by atoms with Crippen molar-refractivity contribution < 1.29 is 4.79 Å². The number of rotatable bonds is 5. The second-order valence-corrected chi connectivity index (χ2v) is 8.35. The van der Waals surface area contributed by atoms with E-state index in [0.717, 1.165) is 33.5 Å². The molecule has 0 radical (unpaired) electrons. The van der Waals surface area contributed by atoms with Crippen LogP contribution in [0, 0.1) is 13.8 Å². The lowest BCUT2D eigenvalue weighted by Gasteiger charge is -2.13. The number of aryl methyl sites for hydroxylation is 3. The molecular formula is C25H26N8O. The second kappa shape index (κ2) is 8.51. The first-order chi connectivity index (χ1) is 16.4. The number of hydrogen-bond donors (Lipinski definition) is 3. The summed E-state index contributed by atoms with van der Waals surface area (Å²) < 4.78 is 3.92. The Bertz CT molecular complexity index is 1510. The quantitative estimate of drug-likeness (QED) is 0.368. The molecule has 0 aliphatic heterocycles. The molecule has 0 fully saturated rings. The molecule has 5 rings (SSSR count). The van der Waals surface area contributed by atoms with Crippen LogP contribution < -0.4 is 16.0 Å². The van der Waals surface area contributed by atoms with Gasteiger partial charge in [0.05, 0.1) is 29.1 Å². The maximum atomic E-state index is 11.6. The minimum atomic E-state index is -0.255. The van der Waals surface area contributed by atoms with Crippen molar-refractivity contribution in [2.45, 2.75) is 20.4 Å². The first kappa shape index (κ1) is 21.4. The molecule has 0 saturated heterocycles. The van der Waals surface area contributed by atoms with Crippen LogP contribution in [0.2, 0.25) is 0 Å². The topological polar surface area (TPSA) is 101 Å². The molecule has 34 heavy (non-hydrogen) atoms. The summed E-state index contributed by atoms with van der Waals surface area (Å²) in [4.78, 5) is 21.3. The van der Waals surface area contributed by atoms with Crippen molar-refractivity contribution in [2.24, 2.45) is 7.05 Å². The molecule has 9 nitrogen and oxygen atoms in total. The van der Waals surface area contributed by atoms with Crippen LogP contribution >= 0.6 is 0 Å². The fourth-order valence-electron chi connectivity index (χ4n) is 3.98. The maximum absolute atomic E-state index is 11.6. The van der Waals surface area contributed by atoms with Gasteiger partial charge >= 0.3 is 6.03 Å². The summed E-state index contributed by atoms with van der Waals surface area (Å²) in [7, 11) is 3.49. The zero-order chi connectivity index (χ0) is 23.8. The summed E-state index contributed by atoms with van der Waals surface area (Å²) in [5, 5.41) is 13.0. The van der Waals surface area contributed by atoms with Gasteiger partial charge in [-0.3, -0.25) is 9.08 Å². The average molecular weight is 455 g/mol. The standard InChI is InChI=1S/C25H26N8O/c1-15-9-20-21(10-16(15)2)33-22(18-5-7-19(8-6-18)30-25(34)26-3)13-28-24(33)23(31-20)27-11-17-12-29-32(4)14-17/h5-10,12-14H,11H2,1-4H3,(H,27,31)(H2,26,30,34). The largest absolute Gasteiger partial charge is 0.363 e. The van der Waals surface area contributed by atoms with Crippen LogP contribution in [0.1, 0.15) is 16.7 Å². The number of nitrogens with zero attached hydrogens (tertiary/aromatic N) is 5. The van der Waals surface area contributed by atoms with Crippen LogP contribution in [-0.4, -0.2) is 37.2 Å². The number of anilines is 2. The monoisotopic (exact) mass is 454 g/mol. The van der Waals surface area contributed by atoms with Crippen molar-refractivity contribution in [1.82, 2.24) is 29.5 Å². The molecule has 0 aliphatic rings. The molecule has 2 aromatic carbocycles. The van der Waals surface area contributed by atoms with Crippen molar-refractivity contribution in [3.8, 4) is 11.3 Å². The molecule has 0 saturated carbocycles. The molecule has 0 spiro atoms. The minimum Gasteiger partial charge on any atom is -0.363 e. The van der Waals surface area contributed by atoms with Gasteiger partial charge in [-0.15, -0.1) is 0 Å². The van der Waals surface area contributed by atoms with E-state index in [-0.39, 0.29) is 6.03 Å². The summed E-state index contributed by atoms with van der Waals surface area (Å²) in [6.07, 6.45) is 5.68. The third-order valence-electron chi connectivity index (χ3n) is 5.92. The first-order valence-corrected chi connectivity index (χ1v) is 11.0. The van der Waals surface area contributed by atoms with Gasteiger partial charge < -0.3 is 16.0 Å². The Morgan fingerprint density at radius 3 is 2.53 bits per heavy atom. The number of aromatic nitrogens is 5. The van der Waals surface area contributed by atoms with Gasteiger partial charge in [0, 0.05) is 43.7 Å². The van der Waals surface area contributed by atoms with E-state index in [9.17, 15) is 4.79 Å². The number of benzene rings is 2. The van der Waals surface area contributed by atoms with Crippen LogP contribution in [0.4, 0.5) is 16.3 Å². The fourth-order valence-corrected chi connectivity index (χ4v) is 3.98. The molecular weight excluding hydrogens is 428 g/mol. The normalized spacial score (nSPS) is 11.2. The predicted octanol–water partition coefficient (Wildman–Crippen LogP) is 4.26. The number of carbonyl (C=O) groups excluding carboxylic acids is 1. The highest BCUT2D eigenvalue weighted by atomic mass is 16.2. The average Bonchev–Trinajstić information content (AvgIpc) is 3.46. The summed E-state index contributed by atoms with van der Waals surface area (Å²) in [5.74, 6) is 0.712. The van der Waals surface area contributed by atoms with Crippen molar-refractivity contribution in [3.63, 3.8) is 0 Å². The number of carbonyl (C=O) groups is 1. The third-order valence-corrected chi connectivity index (χ3v) is 5.92. The van der Waals surface area contributed by atoms with Gasteiger partial charge in [0.1, 0.15) is 0 Å². The lowest BCUT2D eigenvalue weighted by Crippen LogP contribution is -2.24. The Hall–Kier alpha value is -4.40. The van der Waals surface area contributed by atoms with Crippen LogP contribution in [0.15, 0.2) is 55.0 Å². The lowest BCUT2D eigenvalue weighted by atomic mass is 10.1. The van der Waals surface area contributed by atoms with E-state index in [1.165, 1.54) is 11.1 Å². The number of amides is 2. The zero-order valence-electron chi connectivity index (χ0n) is 19.5. The van der Waals surface area contributed by atoms with E-state index in [1.807, 2.05) is 49.9 Å². The van der Waals surface area contributed by atoms with Gasteiger partial charge in [-0.2, -0.15) is 5.10 Å². The molecule has 0 atom stereocenters. The molecule has 3 N–H and O–H groups in total. The molecule has 2 amide bonds. The van der Waals surface area contributed by atoms with Crippen LogP contribution in [0.3, 0.4) is 0 Å². The molecule has 3 heterocycles. The fraction of sp³-hybridized carbons (Fsp3) is 0.200. The smallest absolute Gasteiger partial charge is 0.318 e. The van der Waals surface area contributed by atoms with E-state index in [2.05, 4.69) is 51.4 Å². The highest BCUT2D eigenvalue weighted by Gasteiger charge is 2.16.